The van der Waals surface area contributed by atoms with E-state index in [9.17, 15) is 31.1 Å². The largest absolute Gasteiger partial charge is 0.469 e. The molecule has 0 fully saturated rings. The zero-order valence-corrected chi connectivity index (χ0v) is 19.7. The van der Waals surface area contributed by atoms with Gasteiger partial charge in [-0.2, -0.15) is 26.3 Å². The van der Waals surface area contributed by atoms with Crippen molar-refractivity contribution in [2.75, 3.05) is 7.11 Å². The monoisotopic (exact) mass is 510 g/mol. The van der Waals surface area contributed by atoms with E-state index >= 15 is 0 Å². The number of benzene rings is 3. The van der Waals surface area contributed by atoms with Crippen LogP contribution in [0.5, 0.6) is 11.5 Å². The Hall–Kier alpha value is -3.49. The minimum absolute atomic E-state index is 0.114. The molecule has 0 N–H and O–H groups in total. The summed E-state index contributed by atoms with van der Waals surface area (Å²) in [7, 11) is 1.26. The molecule has 3 aromatic carbocycles. The van der Waals surface area contributed by atoms with Gasteiger partial charge in [0, 0.05) is 0 Å². The van der Waals surface area contributed by atoms with Crippen molar-refractivity contribution >= 4 is 5.97 Å². The van der Waals surface area contributed by atoms with E-state index in [-0.39, 0.29) is 17.4 Å². The van der Waals surface area contributed by atoms with Crippen molar-refractivity contribution in [1.29, 1.82) is 0 Å². The van der Waals surface area contributed by atoms with E-state index in [0.717, 1.165) is 24.3 Å². The van der Waals surface area contributed by atoms with Crippen LogP contribution in [-0.2, 0) is 21.9 Å². The Labute approximate surface area is 204 Å². The van der Waals surface area contributed by atoms with Gasteiger partial charge in [-0.25, -0.2) is 0 Å². The molecule has 1 unspecified atom stereocenters. The summed E-state index contributed by atoms with van der Waals surface area (Å²) in [6.07, 6.45) is -8.56. The predicted molar refractivity (Wildman–Crippen MR) is 123 cm³/mol. The molecule has 0 aliphatic rings. The van der Waals surface area contributed by atoms with E-state index in [1.54, 1.807) is 18.2 Å². The summed E-state index contributed by atoms with van der Waals surface area (Å²) in [5.74, 6) is -0.729. The first-order valence-corrected chi connectivity index (χ1v) is 11.0. The summed E-state index contributed by atoms with van der Waals surface area (Å²) >= 11 is 0. The van der Waals surface area contributed by atoms with Gasteiger partial charge in [0.15, 0.2) is 0 Å². The summed E-state index contributed by atoms with van der Waals surface area (Å²) in [4.78, 5) is 12.6. The third kappa shape index (κ3) is 6.80. The summed E-state index contributed by atoms with van der Waals surface area (Å²) < 4.78 is 88.4. The van der Waals surface area contributed by atoms with Gasteiger partial charge in [0.25, 0.3) is 0 Å². The minimum Gasteiger partial charge on any atom is -0.469 e. The molecule has 36 heavy (non-hydrogen) atoms. The van der Waals surface area contributed by atoms with Gasteiger partial charge in [-0.1, -0.05) is 32.0 Å². The molecular formula is C27H24F6O3. The Morgan fingerprint density at radius 3 is 1.75 bits per heavy atom. The number of methoxy groups -OCH3 is 1. The highest BCUT2D eigenvalue weighted by Gasteiger charge is 2.31. The first-order valence-electron chi connectivity index (χ1n) is 11.0. The molecule has 3 aromatic rings. The fraction of sp³-hybridized carbons (Fsp3) is 0.296. The number of esters is 1. The van der Waals surface area contributed by atoms with Crippen LogP contribution in [0.1, 0.15) is 42.9 Å². The zero-order valence-electron chi connectivity index (χ0n) is 19.7. The number of carbonyl (C=O) groups excluding carboxylic acids is 1. The van der Waals surface area contributed by atoms with Crippen LogP contribution in [0.2, 0.25) is 0 Å². The number of alkyl halides is 6. The van der Waals surface area contributed by atoms with Crippen molar-refractivity contribution in [3.05, 3.63) is 83.4 Å². The molecule has 0 saturated heterocycles. The van der Waals surface area contributed by atoms with Gasteiger partial charge in [-0.05, 0) is 77.6 Å². The van der Waals surface area contributed by atoms with Crippen molar-refractivity contribution in [3.8, 4) is 22.6 Å². The second kappa shape index (κ2) is 10.6. The lowest BCUT2D eigenvalue weighted by Crippen LogP contribution is -2.16. The van der Waals surface area contributed by atoms with Crippen LogP contribution >= 0.6 is 0 Å². The smallest absolute Gasteiger partial charge is 0.416 e. The molecule has 0 amide bonds. The fourth-order valence-corrected chi connectivity index (χ4v) is 3.73. The quantitative estimate of drug-likeness (QED) is 0.236. The number of ether oxygens (including phenoxy) is 2. The van der Waals surface area contributed by atoms with Crippen molar-refractivity contribution in [3.63, 3.8) is 0 Å². The normalized spacial score (nSPS) is 12.9. The minimum atomic E-state index is -4.50. The van der Waals surface area contributed by atoms with Gasteiger partial charge in [0.05, 0.1) is 24.2 Å². The first-order chi connectivity index (χ1) is 16.8. The number of halogens is 6. The Balaban J connectivity index is 2.06. The predicted octanol–water partition coefficient (Wildman–Crippen LogP) is 8.49. The second-order valence-electron chi connectivity index (χ2n) is 8.70. The molecule has 9 heteroatoms. The molecule has 0 aliphatic heterocycles. The van der Waals surface area contributed by atoms with E-state index in [2.05, 4.69) is 0 Å². The zero-order chi connectivity index (χ0) is 26.7. The average molecular weight is 510 g/mol. The lowest BCUT2D eigenvalue weighted by Gasteiger charge is -2.20. The molecule has 0 aliphatic carbocycles. The first kappa shape index (κ1) is 27.1. The van der Waals surface area contributed by atoms with Crippen LogP contribution < -0.4 is 4.74 Å². The second-order valence-corrected chi connectivity index (χ2v) is 8.70. The molecule has 0 spiro atoms. The van der Waals surface area contributed by atoms with E-state index in [0.29, 0.717) is 23.1 Å². The highest BCUT2D eigenvalue weighted by molar-refractivity contribution is 5.79. The molecule has 0 bridgehead atoms. The van der Waals surface area contributed by atoms with Crippen molar-refractivity contribution < 1.29 is 40.6 Å². The molecule has 0 radical (unpaired) electrons. The maximum atomic E-state index is 13.0. The lowest BCUT2D eigenvalue weighted by atomic mass is 9.88. The standard InChI is InChI=1S/C27H24F6O3/c1-16(2)12-24(25(34)35-3)19-13-18(17-4-6-20(7-5-17)26(28,29)30)14-23(15-19)36-22-10-8-21(9-11-22)27(31,32)33/h4-11,13-16,24H,12H2,1-3H3. The van der Waals surface area contributed by atoms with Crippen molar-refractivity contribution in [1.82, 2.24) is 0 Å². The van der Waals surface area contributed by atoms with Gasteiger partial charge >= 0.3 is 18.3 Å². The Kier molecular flexibility index (Phi) is 8.01. The third-order valence-corrected chi connectivity index (χ3v) is 5.49. The summed E-state index contributed by atoms with van der Waals surface area (Å²) in [6, 6.07) is 13.4. The van der Waals surface area contributed by atoms with Crippen LogP contribution in [0.15, 0.2) is 66.7 Å². The fourth-order valence-electron chi connectivity index (χ4n) is 3.73. The maximum Gasteiger partial charge on any atom is 0.416 e. The average Bonchev–Trinajstić information content (AvgIpc) is 2.81. The highest BCUT2D eigenvalue weighted by atomic mass is 19.4. The molecule has 0 saturated carbocycles. The van der Waals surface area contributed by atoms with Crippen molar-refractivity contribution in [2.24, 2.45) is 5.92 Å². The third-order valence-electron chi connectivity index (χ3n) is 5.49. The number of carbonyl (C=O) groups is 1. The molecule has 1 atom stereocenters. The Bertz CT molecular complexity index is 1180. The van der Waals surface area contributed by atoms with Crippen LogP contribution in [0, 0.1) is 5.92 Å². The summed E-state index contributed by atoms with van der Waals surface area (Å²) in [5, 5.41) is 0. The van der Waals surface area contributed by atoms with Crippen molar-refractivity contribution in [2.45, 2.75) is 38.5 Å². The SMILES string of the molecule is COC(=O)C(CC(C)C)c1cc(Oc2ccc(C(F)(F)F)cc2)cc(-c2ccc(C(F)(F)F)cc2)c1. The van der Waals surface area contributed by atoms with Gasteiger partial charge in [-0.15, -0.1) is 0 Å². The van der Waals surface area contributed by atoms with E-state index < -0.39 is 35.4 Å². The van der Waals surface area contributed by atoms with Gasteiger partial charge in [0.1, 0.15) is 11.5 Å². The number of hydrogen-bond donors (Lipinski definition) is 0. The lowest BCUT2D eigenvalue weighted by molar-refractivity contribution is -0.143. The Morgan fingerprint density at radius 1 is 0.750 bits per heavy atom. The molecule has 192 valence electrons. The number of rotatable bonds is 7. The molecule has 0 heterocycles. The molecule has 0 aromatic heterocycles. The van der Waals surface area contributed by atoms with Gasteiger partial charge in [-0.3, -0.25) is 4.79 Å². The summed E-state index contributed by atoms with van der Waals surface area (Å²) in [5.41, 5.74) is -0.224. The van der Waals surface area contributed by atoms with Crippen LogP contribution in [0.4, 0.5) is 26.3 Å². The maximum absolute atomic E-state index is 13.0. The molecular weight excluding hydrogens is 486 g/mol. The van der Waals surface area contributed by atoms with Crippen LogP contribution in [0.3, 0.4) is 0 Å². The molecule has 3 nitrogen and oxygen atoms in total. The summed E-state index contributed by atoms with van der Waals surface area (Å²) in [6.45, 7) is 3.85. The number of hydrogen-bond acceptors (Lipinski definition) is 3. The van der Waals surface area contributed by atoms with E-state index in [1.807, 2.05) is 13.8 Å². The topological polar surface area (TPSA) is 35.5 Å². The highest BCUT2D eigenvalue weighted by Crippen LogP contribution is 2.37. The van der Waals surface area contributed by atoms with E-state index in [4.69, 9.17) is 9.47 Å². The van der Waals surface area contributed by atoms with E-state index in [1.165, 1.54) is 31.4 Å². The Morgan fingerprint density at radius 2 is 1.28 bits per heavy atom. The van der Waals surface area contributed by atoms with Gasteiger partial charge < -0.3 is 9.47 Å². The molecule has 3 rings (SSSR count). The van der Waals surface area contributed by atoms with Gasteiger partial charge in [0.2, 0.25) is 0 Å². The van der Waals surface area contributed by atoms with Crippen LogP contribution in [0.25, 0.3) is 11.1 Å². The van der Waals surface area contributed by atoms with Crippen LogP contribution in [-0.4, -0.2) is 13.1 Å².